The van der Waals surface area contributed by atoms with Gasteiger partial charge in [0.1, 0.15) is 5.66 Å². The van der Waals surface area contributed by atoms with Crippen LogP contribution in [0.3, 0.4) is 0 Å². The Morgan fingerprint density at radius 1 is 0.356 bits per heavy atom. The molecule has 8 heteroatoms. The van der Waals surface area contributed by atoms with Crippen molar-refractivity contribution in [1.29, 1.82) is 0 Å². The molecule has 0 N–H and O–H groups in total. The molecule has 10 rings (SSSR count). The number of aromatic nitrogens is 2. The molecule has 6 aromatic carbocycles. The second kappa shape index (κ2) is 12.1. The van der Waals surface area contributed by atoms with Crippen LogP contribution in [0.2, 0.25) is 0 Å². The number of amides is 4. The summed E-state index contributed by atoms with van der Waals surface area (Å²) in [7, 11) is 0. The largest absolute Gasteiger partial charge is 0.309 e. The number of nitrogens with zero attached hydrogens (tertiary/aromatic N) is 4. The van der Waals surface area contributed by atoms with Gasteiger partial charge in [-0.25, -0.2) is 0 Å². The quantitative estimate of drug-likeness (QED) is 0.167. The number of fused-ring (bicyclic) bond motifs is 8. The molecule has 8 aromatic rings. The fourth-order valence-corrected chi connectivity index (χ4v) is 9.26. The summed E-state index contributed by atoms with van der Waals surface area (Å²) in [5.41, 5.74) is 6.94. The van der Waals surface area contributed by atoms with Crippen molar-refractivity contribution in [2.45, 2.75) is 71.9 Å². The number of carbonyl (C=O) groups excluding carboxylic acids is 4. The van der Waals surface area contributed by atoms with E-state index < -0.39 is 29.3 Å². The van der Waals surface area contributed by atoms with E-state index in [4.69, 9.17) is 0 Å². The Balaban J connectivity index is 1.03. The first-order chi connectivity index (χ1) is 28.0. The first-order valence-corrected chi connectivity index (χ1v) is 20.1. The summed E-state index contributed by atoms with van der Waals surface area (Å²) in [5.74, 6) is -2.25. The van der Waals surface area contributed by atoms with Gasteiger partial charge in [0.2, 0.25) is 0 Å². The predicted octanol–water partition coefficient (Wildman–Crippen LogP) is 11.1. The summed E-state index contributed by atoms with van der Waals surface area (Å²) in [6.07, 6.45) is 0. The molecule has 8 nitrogen and oxygen atoms in total. The molecule has 4 heterocycles. The van der Waals surface area contributed by atoms with Gasteiger partial charge in [0.05, 0.1) is 44.3 Å². The Bertz CT molecular complexity index is 3080. The highest BCUT2D eigenvalue weighted by Gasteiger charge is 2.53. The molecule has 4 amide bonds. The van der Waals surface area contributed by atoms with E-state index >= 15 is 0 Å². The van der Waals surface area contributed by atoms with Gasteiger partial charge < -0.3 is 9.13 Å². The smallest absolute Gasteiger partial charge is 0.263 e. The van der Waals surface area contributed by atoms with Gasteiger partial charge >= 0.3 is 0 Å². The van der Waals surface area contributed by atoms with Crippen molar-refractivity contribution in [1.82, 2.24) is 18.9 Å². The van der Waals surface area contributed by atoms with Crippen LogP contribution >= 0.6 is 0 Å². The van der Waals surface area contributed by atoms with Crippen LogP contribution in [-0.4, -0.2) is 48.2 Å². The summed E-state index contributed by atoms with van der Waals surface area (Å²) in [5, 5.41) is 4.36. The fraction of sp³-hybridized carbons (Fsp3) is 0.216. The molecule has 0 saturated heterocycles. The van der Waals surface area contributed by atoms with Crippen molar-refractivity contribution in [3.63, 3.8) is 0 Å². The summed E-state index contributed by atoms with van der Waals surface area (Å²) >= 11 is 0. The Hall–Kier alpha value is -6.80. The van der Waals surface area contributed by atoms with E-state index in [9.17, 15) is 19.2 Å². The summed E-state index contributed by atoms with van der Waals surface area (Å²) in [6, 6.07) is 39.8. The van der Waals surface area contributed by atoms with Gasteiger partial charge in [-0.1, -0.05) is 90.1 Å². The van der Waals surface area contributed by atoms with Crippen molar-refractivity contribution >= 4 is 67.2 Å². The molecule has 0 atom stereocenters. The number of imide groups is 2. The first-order valence-electron chi connectivity index (χ1n) is 20.1. The van der Waals surface area contributed by atoms with Crippen molar-refractivity contribution in [3.05, 3.63) is 155 Å². The highest BCUT2D eigenvalue weighted by molar-refractivity contribution is 6.25. The molecule has 292 valence electrons. The van der Waals surface area contributed by atoms with E-state index in [0.717, 1.165) is 64.8 Å². The van der Waals surface area contributed by atoms with Crippen molar-refractivity contribution in [2.24, 2.45) is 0 Å². The molecule has 0 aliphatic carbocycles. The number of rotatable bonds is 4. The molecule has 2 aromatic heterocycles. The number of hydrogen-bond acceptors (Lipinski definition) is 4. The SMILES string of the molecule is CC(C)(C)c1ccc2c(c1)c1cc(C(C)(C)C)ccc1n2-c1ccc2c(c1)C(=O)N(C(C)(C)N1C(=O)c3ccc(-n4c5ccccc5c5ccccc54)cc3C1=O)C2=O. The average Bonchev–Trinajstić information content (AvgIpc) is 3.87. The van der Waals surface area contributed by atoms with Crippen LogP contribution in [0.25, 0.3) is 55.0 Å². The maximum Gasteiger partial charge on any atom is 0.263 e. The van der Waals surface area contributed by atoms with Crippen molar-refractivity contribution < 1.29 is 19.2 Å². The molecule has 2 aliphatic heterocycles. The van der Waals surface area contributed by atoms with Crippen LogP contribution in [-0.2, 0) is 10.8 Å². The van der Waals surface area contributed by atoms with E-state index in [1.165, 1.54) is 11.1 Å². The van der Waals surface area contributed by atoms with Gasteiger partial charge in [-0.2, -0.15) is 0 Å². The Kier molecular flexibility index (Phi) is 7.50. The predicted molar refractivity (Wildman–Crippen MR) is 234 cm³/mol. The van der Waals surface area contributed by atoms with Gasteiger partial charge in [0, 0.05) is 32.9 Å². The second-order valence-electron chi connectivity index (χ2n) is 18.5. The Morgan fingerprint density at radius 2 is 0.712 bits per heavy atom. The highest BCUT2D eigenvalue weighted by atomic mass is 16.2. The maximum atomic E-state index is 14.6. The number of benzene rings is 6. The van der Waals surface area contributed by atoms with Gasteiger partial charge in [-0.05, 0) is 109 Å². The minimum absolute atomic E-state index is 0.0605. The van der Waals surface area contributed by atoms with Crippen LogP contribution in [0.4, 0.5) is 0 Å². The molecule has 0 saturated carbocycles. The van der Waals surface area contributed by atoms with Gasteiger partial charge in [-0.15, -0.1) is 0 Å². The van der Waals surface area contributed by atoms with E-state index in [1.54, 1.807) is 38.1 Å². The van der Waals surface area contributed by atoms with Crippen molar-refractivity contribution in [3.8, 4) is 11.4 Å². The molecule has 0 spiro atoms. The van der Waals surface area contributed by atoms with E-state index in [1.807, 2.05) is 48.5 Å². The number of carbonyl (C=O) groups is 4. The summed E-state index contributed by atoms with van der Waals surface area (Å²) in [6.45, 7) is 16.4. The third-order valence-corrected chi connectivity index (χ3v) is 12.4. The minimum Gasteiger partial charge on any atom is -0.309 e. The lowest BCUT2D eigenvalue weighted by molar-refractivity contribution is 0.00431. The van der Waals surface area contributed by atoms with Crippen LogP contribution in [0.15, 0.2) is 121 Å². The van der Waals surface area contributed by atoms with Gasteiger partial charge in [0.25, 0.3) is 23.6 Å². The molecular formula is C51H44N4O4. The zero-order chi connectivity index (χ0) is 41.5. The van der Waals surface area contributed by atoms with Crippen LogP contribution in [0, 0.1) is 0 Å². The molecule has 59 heavy (non-hydrogen) atoms. The molecule has 0 radical (unpaired) electrons. The Morgan fingerprint density at radius 3 is 1.10 bits per heavy atom. The Labute approximate surface area is 342 Å². The number of para-hydroxylation sites is 2. The molecule has 0 unspecified atom stereocenters. The summed E-state index contributed by atoms with van der Waals surface area (Å²) in [4.78, 5) is 59.6. The molecule has 0 bridgehead atoms. The fourth-order valence-electron chi connectivity index (χ4n) is 9.26. The zero-order valence-corrected chi connectivity index (χ0v) is 34.5. The minimum atomic E-state index is -1.63. The zero-order valence-electron chi connectivity index (χ0n) is 34.5. The highest BCUT2D eigenvalue weighted by Crippen LogP contribution is 2.41. The third kappa shape index (κ3) is 5.15. The van der Waals surface area contributed by atoms with E-state index in [-0.39, 0.29) is 33.1 Å². The van der Waals surface area contributed by atoms with Crippen LogP contribution in [0.5, 0.6) is 0 Å². The van der Waals surface area contributed by atoms with Gasteiger partial charge in [0.15, 0.2) is 0 Å². The second-order valence-corrected chi connectivity index (χ2v) is 18.5. The lowest BCUT2D eigenvalue weighted by Crippen LogP contribution is -2.60. The van der Waals surface area contributed by atoms with E-state index in [0.29, 0.717) is 0 Å². The monoisotopic (exact) mass is 776 g/mol. The maximum absolute atomic E-state index is 14.6. The average molecular weight is 777 g/mol. The lowest BCUT2D eigenvalue weighted by atomic mass is 9.85. The first kappa shape index (κ1) is 36.5. The lowest BCUT2D eigenvalue weighted by Gasteiger charge is -2.40. The van der Waals surface area contributed by atoms with Crippen LogP contribution < -0.4 is 0 Å². The third-order valence-electron chi connectivity index (χ3n) is 12.4. The van der Waals surface area contributed by atoms with E-state index in [2.05, 4.69) is 99.2 Å². The standard InChI is InChI=1S/C51H44N4O4/c1-49(2,3)29-17-23-43-37(25-29)38-26-30(50(4,5)6)18-24-44(38)53(43)32-20-22-36-40(28-32)48(59)55(46(36)57)51(7,8)54-45(56)35-21-19-31(27-39(35)47(54)58)52-41-15-11-9-13-33(41)34-14-10-12-16-42(34)52/h9-28H,1-8H3. The summed E-state index contributed by atoms with van der Waals surface area (Å²) < 4.78 is 4.23. The molecule has 0 fully saturated rings. The van der Waals surface area contributed by atoms with Crippen molar-refractivity contribution in [2.75, 3.05) is 0 Å². The molecular weight excluding hydrogens is 733 g/mol. The topological polar surface area (TPSA) is 84.6 Å². The molecule has 2 aliphatic rings. The van der Waals surface area contributed by atoms with Gasteiger partial charge in [-0.3, -0.25) is 29.0 Å². The normalized spacial score (nSPS) is 14.8. The van der Waals surface area contributed by atoms with Crippen LogP contribution in [0.1, 0.15) is 108 Å². The number of hydrogen-bond donors (Lipinski definition) is 0.